The maximum atomic E-state index is 11.4. The second-order valence-corrected chi connectivity index (χ2v) is 7.09. The van der Waals surface area contributed by atoms with E-state index in [2.05, 4.69) is 25.3 Å². The fourth-order valence-electron chi connectivity index (χ4n) is 2.75. The molecule has 2 heterocycles. The summed E-state index contributed by atoms with van der Waals surface area (Å²) in [6.45, 7) is 2.19. The Kier molecular flexibility index (Phi) is 5.21. The number of benzene rings is 2. The molecule has 0 aliphatic carbocycles. The first kappa shape index (κ1) is 18.6. The number of hydrogen-bond acceptors (Lipinski definition) is 7. The Balaban J connectivity index is 1.66. The van der Waals surface area contributed by atoms with Crippen LogP contribution in [0.15, 0.2) is 60.8 Å². The van der Waals surface area contributed by atoms with Gasteiger partial charge in [0.1, 0.15) is 23.7 Å². The van der Waals surface area contributed by atoms with Gasteiger partial charge in [0.2, 0.25) is 0 Å². The van der Waals surface area contributed by atoms with Crippen LogP contribution in [0.4, 0.5) is 11.5 Å². The second kappa shape index (κ2) is 8.11. The lowest BCUT2D eigenvalue weighted by Crippen LogP contribution is -2.02. The number of aromatic amines is 1. The van der Waals surface area contributed by atoms with Crippen molar-refractivity contribution < 1.29 is 13.2 Å². The summed E-state index contributed by atoms with van der Waals surface area (Å²) in [6, 6.07) is 17.2. The van der Waals surface area contributed by atoms with Gasteiger partial charge in [0.15, 0.2) is 5.82 Å². The van der Waals surface area contributed by atoms with E-state index in [1.54, 1.807) is 6.92 Å². The van der Waals surface area contributed by atoms with Crippen molar-refractivity contribution in [3.63, 3.8) is 0 Å². The average molecular weight is 407 g/mol. The van der Waals surface area contributed by atoms with Crippen LogP contribution >= 0.6 is 0 Å². The van der Waals surface area contributed by atoms with Crippen LogP contribution in [0.5, 0.6) is 5.75 Å². The number of aryl methyl sites for hydroxylation is 1. The molecule has 0 spiro atoms. The molecule has 0 saturated carbocycles. The summed E-state index contributed by atoms with van der Waals surface area (Å²) >= 11 is 0. The van der Waals surface area contributed by atoms with Crippen LogP contribution in [-0.4, -0.2) is 28.4 Å². The molecule has 9 heteroatoms. The summed E-state index contributed by atoms with van der Waals surface area (Å²) in [5.74, 6) is 1.53. The first-order chi connectivity index (χ1) is 14.1. The number of anilines is 2. The summed E-state index contributed by atoms with van der Waals surface area (Å²) in [5.41, 5.74) is 2.70. The number of nitrogens with zero attached hydrogens (tertiary/aromatic N) is 3. The van der Waals surface area contributed by atoms with Crippen LogP contribution < -0.4 is 10.1 Å². The van der Waals surface area contributed by atoms with Crippen molar-refractivity contribution in [3.05, 3.63) is 77.0 Å². The molecule has 29 heavy (non-hydrogen) atoms. The molecule has 0 aliphatic rings. The third-order valence-electron chi connectivity index (χ3n) is 4.09. The zero-order valence-corrected chi connectivity index (χ0v) is 16.3. The molecule has 0 amide bonds. The van der Waals surface area contributed by atoms with Gasteiger partial charge in [0.25, 0.3) is 15.1 Å². The molecule has 8 nitrogen and oxygen atoms in total. The molecule has 0 aliphatic heterocycles. The minimum atomic E-state index is -2.52. The Morgan fingerprint density at radius 1 is 1.07 bits per heavy atom. The largest absolute Gasteiger partial charge is 0.489 e. The zero-order valence-electron chi connectivity index (χ0n) is 15.5. The first-order valence-electron chi connectivity index (χ1n) is 8.78. The topological polar surface area (TPSA) is 110 Å². The quantitative estimate of drug-likeness (QED) is 0.488. The van der Waals surface area contributed by atoms with Gasteiger partial charge < -0.3 is 15.0 Å². The van der Waals surface area contributed by atoms with Gasteiger partial charge >= 0.3 is 0 Å². The van der Waals surface area contributed by atoms with Gasteiger partial charge in [-0.25, -0.2) is 9.97 Å². The lowest BCUT2D eigenvalue weighted by atomic mass is 10.2. The highest BCUT2D eigenvalue weighted by Crippen LogP contribution is 2.24. The van der Waals surface area contributed by atoms with Gasteiger partial charge in [-0.15, -0.1) is 0 Å². The molecule has 0 radical (unpaired) electrons. The van der Waals surface area contributed by atoms with Crippen molar-refractivity contribution in [3.8, 4) is 5.75 Å². The minimum Gasteiger partial charge on any atom is -0.489 e. The summed E-state index contributed by atoms with van der Waals surface area (Å²) in [4.78, 5) is 15.3. The van der Waals surface area contributed by atoms with Crippen molar-refractivity contribution in [2.24, 2.45) is 0 Å². The highest BCUT2D eigenvalue weighted by atomic mass is 32.2. The fourth-order valence-corrected chi connectivity index (χ4v) is 3.11. The molecule has 2 N–H and O–H groups in total. The average Bonchev–Trinajstić information content (AvgIpc) is 2.73. The van der Waals surface area contributed by atoms with E-state index in [4.69, 9.17) is 4.74 Å². The molecular weight excluding hydrogens is 390 g/mol. The summed E-state index contributed by atoms with van der Waals surface area (Å²) in [5, 5.41) is 3.13. The molecule has 4 aromatic rings. The Labute approximate surface area is 167 Å². The van der Waals surface area contributed by atoms with E-state index < -0.39 is 10.3 Å². The first-order valence-corrected chi connectivity index (χ1v) is 9.86. The molecule has 0 unspecified atom stereocenters. The van der Waals surface area contributed by atoms with Crippen LogP contribution in [0.3, 0.4) is 0 Å². The summed E-state index contributed by atoms with van der Waals surface area (Å²) in [7, 11) is -2.52. The third kappa shape index (κ3) is 4.41. The Morgan fingerprint density at radius 3 is 2.69 bits per heavy atom. The predicted octanol–water partition coefficient (Wildman–Crippen LogP) is 3.40. The molecule has 0 atom stereocenters. The van der Waals surface area contributed by atoms with Crippen molar-refractivity contribution in [1.29, 1.82) is 0 Å². The van der Waals surface area contributed by atoms with Crippen LogP contribution in [-0.2, 0) is 16.9 Å². The number of ether oxygens (including phenoxy) is 1. The molecular formula is C20H17N5O3S. The van der Waals surface area contributed by atoms with E-state index in [1.165, 1.54) is 6.20 Å². The minimum absolute atomic E-state index is 0.205. The van der Waals surface area contributed by atoms with Crippen LogP contribution in [0.25, 0.3) is 11.0 Å². The molecule has 146 valence electrons. The number of aromatic nitrogens is 4. The lowest BCUT2D eigenvalue weighted by molar-refractivity contribution is 0.306. The third-order valence-corrected chi connectivity index (χ3v) is 4.60. The number of H-pyrrole nitrogens is 1. The SMILES string of the molecule is Cc1ncc2[nH]c(=S(=O)=O)nc(Nc3cccc(OCc4ccccc4)c3)c2n1. The van der Waals surface area contributed by atoms with E-state index in [0.29, 0.717) is 40.7 Å². The van der Waals surface area contributed by atoms with Gasteiger partial charge in [-0.2, -0.15) is 13.4 Å². The molecule has 2 aromatic heterocycles. The summed E-state index contributed by atoms with van der Waals surface area (Å²) in [6.07, 6.45) is 1.53. The maximum Gasteiger partial charge on any atom is 0.258 e. The van der Waals surface area contributed by atoms with Crippen molar-refractivity contribution >= 4 is 32.8 Å². The van der Waals surface area contributed by atoms with E-state index in [9.17, 15) is 8.42 Å². The van der Waals surface area contributed by atoms with E-state index in [0.717, 1.165) is 5.56 Å². The van der Waals surface area contributed by atoms with Gasteiger partial charge in [0, 0.05) is 11.8 Å². The smallest absolute Gasteiger partial charge is 0.258 e. The Bertz CT molecular complexity index is 1340. The highest BCUT2D eigenvalue weighted by molar-refractivity contribution is 7.63. The standard InChI is InChI=1S/C20H17N5O3S/c1-13-21-11-17-18(22-13)19(25-20(24-17)29(26)27)23-15-8-5-9-16(10-15)28-12-14-6-3-2-4-7-14/h2-11,24H,12H2,1H3,(H,23,25). The lowest BCUT2D eigenvalue weighted by Gasteiger charge is -2.11. The van der Waals surface area contributed by atoms with Crippen LogP contribution in [0.2, 0.25) is 0 Å². The molecule has 2 aromatic carbocycles. The van der Waals surface area contributed by atoms with Crippen molar-refractivity contribution in [2.75, 3.05) is 5.32 Å². The van der Waals surface area contributed by atoms with E-state index in [1.807, 2.05) is 54.6 Å². The van der Waals surface area contributed by atoms with Gasteiger partial charge in [-0.05, 0) is 24.6 Å². The van der Waals surface area contributed by atoms with Crippen LogP contribution in [0, 0.1) is 11.7 Å². The normalized spacial score (nSPS) is 10.7. The van der Waals surface area contributed by atoms with Crippen LogP contribution in [0.1, 0.15) is 11.4 Å². The zero-order chi connectivity index (χ0) is 20.2. The predicted molar refractivity (Wildman–Crippen MR) is 109 cm³/mol. The van der Waals surface area contributed by atoms with E-state index >= 15 is 0 Å². The summed E-state index contributed by atoms with van der Waals surface area (Å²) < 4.78 is 28.5. The Hall–Kier alpha value is -3.72. The highest BCUT2D eigenvalue weighted by Gasteiger charge is 2.09. The van der Waals surface area contributed by atoms with Gasteiger partial charge in [0.05, 0.1) is 11.7 Å². The van der Waals surface area contributed by atoms with Crippen molar-refractivity contribution in [2.45, 2.75) is 13.5 Å². The Morgan fingerprint density at radius 2 is 1.90 bits per heavy atom. The number of fused-ring (bicyclic) bond motifs is 1. The number of rotatable bonds is 5. The van der Waals surface area contributed by atoms with Crippen molar-refractivity contribution in [1.82, 2.24) is 19.9 Å². The number of hydrogen-bond donors (Lipinski definition) is 2. The molecule has 0 bridgehead atoms. The molecule has 0 fully saturated rings. The van der Waals surface area contributed by atoms with Gasteiger partial charge in [-0.3, -0.25) is 0 Å². The maximum absolute atomic E-state index is 11.4. The second-order valence-electron chi connectivity index (χ2n) is 6.23. The monoisotopic (exact) mass is 407 g/mol. The van der Waals surface area contributed by atoms with E-state index in [-0.39, 0.29) is 4.77 Å². The number of nitrogens with one attached hydrogen (secondary N) is 2. The fraction of sp³-hybridized carbons (Fsp3) is 0.100. The van der Waals surface area contributed by atoms with Gasteiger partial charge in [-0.1, -0.05) is 36.4 Å². The molecule has 4 rings (SSSR count). The molecule has 0 saturated heterocycles.